The normalized spacial score (nSPS) is 18.5. The van der Waals surface area contributed by atoms with E-state index >= 15 is 0 Å². The molecule has 0 spiro atoms. The number of benzene rings is 3. The van der Waals surface area contributed by atoms with Crippen LogP contribution in [0.2, 0.25) is 10.0 Å². The Labute approximate surface area is 186 Å². The van der Waals surface area contributed by atoms with Gasteiger partial charge in [-0.15, -0.1) is 0 Å². The summed E-state index contributed by atoms with van der Waals surface area (Å²) in [7, 11) is 0. The van der Waals surface area contributed by atoms with E-state index in [1.807, 2.05) is 0 Å². The average Bonchev–Trinajstić information content (AvgIpc) is 3.01. The summed E-state index contributed by atoms with van der Waals surface area (Å²) in [4.78, 5) is 40.2. The van der Waals surface area contributed by atoms with Gasteiger partial charge in [-0.3, -0.25) is 19.3 Å². The van der Waals surface area contributed by atoms with E-state index in [4.69, 9.17) is 23.2 Å². The molecule has 1 aliphatic heterocycles. The number of carbonyl (C=O) groups is 3. The van der Waals surface area contributed by atoms with Crippen molar-refractivity contribution in [1.82, 2.24) is 0 Å². The van der Waals surface area contributed by atoms with Crippen LogP contribution in [0.3, 0.4) is 0 Å². The zero-order chi connectivity index (χ0) is 22.3. The summed E-state index contributed by atoms with van der Waals surface area (Å²) in [5, 5.41) is 0.543. The van der Waals surface area contributed by atoms with Gasteiger partial charge in [-0.2, -0.15) is 0 Å². The van der Waals surface area contributed by atoms with Crippen LogP contribution in [0.25, 0.3) is 0 Å². The molecule has 0 saturated carbocycles. The topological polar surface area (TPSA) is 54.5 Å². The maximum atomic E-state index is 13.9. The number of carbonyl (C=O) groups excluding carboxylic acids is 3. The molecule has 156 valence electrons. The third-order valence-electron chi connectivity index (χ3n) is 5.12. The van der Waals surface area contributed by atoms with Crippen molar-refractivity contribution in [2.45, 2.75) is 6.04 Å². The van der Waals surface area contributed by atoms with Crippen LogP contribution in [0.1, 0.15) is 22.0 Å². The Hall–Kier alpha value is -3.09. The molecule has 0 aliphatic carbocycles. The Balaban J connectivity index is 1.89. The molecule has 1 aliphatic rings. The molecule has 2 atom stereocenters. The van der Waals surface area contributed by atoms with E-state index in [-0.39, 0.29) is 16.3 Å². The molecule has 3 aromatic rings. The van der Waals surface area contributed by atoms with Gasteiger partial charge in [0.2, 0.25) is 5.78 Å². The number of halogens is 4. The van der Waals surface area contributed by atoms with Crippen molar-refractivity contribution < 1.29 is 23.2 Å². The Kier molecular flexibility index (Phi) is 5.60. The lowest BCUT2D eigenvalue weighted by Crippen LogP contribution is -2.30. The second-order valence-corrected chi connectivity index (χ2v) is 7.80. The molecule has 0 aromatic heterocycles. The monoisotopic (exact) mass is 459 g/mol. The molecule has 31 heavy (non-hydrogen) atoms. The maximum Gasteiger partial charge on any atom is 0.295 e. The van der Waals surface area contributed by atoms with Gasteiger partial charge in [0.1, 0.15) is 5.92 Å². The molecule has 1 fully saturated rings. The molecule has 0 bridgehead atoms. The molecule has 1 amide bonds. The van der Waals surface area contributed by atoms with E-state index in [0.717, 1.165) is 17.0 Å². The van der Waals surface area contributed by atoms with Crippen LogP contribution in [0.15, 0.2) is 66.7 Å². The first-order chi connectivity index (χ1) is 14.8. The van der Waals surface area contributed by atoms with E-state index in [2.05, 4.69) is 0 Å². The second kappa shape index (κ2) is 8.21. The fraction of sp³-hybridized carbons (Fsp3) is 0.0870. The first-order valence-electron chi connectivity index (χ1n) is 9.16. The van der Waals surface area contributed by atoms with Crippen molar-refractivity contribution in [3.05, 3.63) is 99.5 Å². The molecular weight excluding hydrogens is 447 g/mol. The molecule has 4 nitrogen and oxygen atoms in total. The Morgan fingerprint density at radius 3 is 2.19 bits per heavy atom. The average molecular weight is 460 g/mol. The molecule has 0 radical (unpaired) electrons. The largest absolute Gasteiger partial charge is 0.297 e. The summed E-state index contributed by atoms with van der Waals surface area (Å²) < 4.78 is 27.4. The molecule has 2 unspecified atom stereocenters. The molecular formula is C23H13Cl2F2NO3. The predicted octanol–water partition coefficient (Wildman–Crippen LogP) is 5.43. The minimum Gasteiger partial charge on any atom is -0.297 e. The molecule has 4 rings (SSSR count). The van der Waals surface area contributed by atoms with Gasteiger partial charge < -0.3 is 0 Å². The van der Waals surface area contributed by atoms with Gasteiger partial charge in [0.15, 0.2) is 17.4 Å². The number of ketones is 2. The van der Waals surface area contributed by atoms with Crippen molar-refractivity contribution in [3.8, 4) is 0 Å². The number of anilines is 1. The van der Waals surface area contributed by atoms with Crippen LogP contribution in [0, 0.1) is 17.6 Å². The molecule has 1 heterocycles. The van der Waals surface area contributed by atoms with Crippen LogP contribution in [-0.2, 0) is 9.59 Å². The van der Waals surface area contributed by atoms with Gasteiger partial charge in [-0.25, -0.2) is 8.78 Å². The van der Waals surface area contributed by atoms with Gasteiger partial charge in [-0.05, 0) is 42.0 Å². The highest BCUT2D eigenvalue weighted by atomic mass is 35.5. The van der Waals surface area contributed by atoms with E-state index in [0.29, 0.717) is 10.6 Å². The zero-order valence-electron chi connectivity index (χ0n) is 15.7. The number of amides is 1. The summed E-state index contributed by atoms with van der Waals surface area (Å²) in [5.41, 5.74) is 0.465. The Morgan fingerprint density at radius 1 is 0.871 bits per heavy atom. The quantitative estimate of drug-likeness (QED) is 0.297. The van der Waals surface area contributed by atoms with Gasteiger partial charge in [0.05, 0.1) is 11.1 Å². The lowest BCUT2D eigenvalue weighted by Gasteiger charge is -2.27. The van der Waals surface area contributed by atoms with Crippen molar-refractivity contribution in [1.29, 1.82) is 0 Å². The first kappa shape index (κ1) is 21.2. The summed E-state index contributed by atoms with van der Waals surface area (Å²) in [5.74, 6) is -6.33. The minimum atomic E-state index is -1.43. The minimum absolute atomic E-state index is 0.0494. The van der Waals surface area contributed by atoms with Crippen molar-refractivity contribution in [3.63, 3.8) is 0 Å². The second-order valence-electron chi connectivity index (χ2n) is 6.96. The van der Waals surface area contributed by atoms with Gasteiger partial charge in [-0.1, -0.05) is 47.5 Å². The number of Topliss-reactive ketones (excluding diaryl/α,β-unsaturated/α-hetero) is 2. The molecule has 3 aromatic carbocycles. The highest BCUT2D eigenvalue weighted by Gasteiger charge is 2.52. The van der Waals surface area contributed by atoms with Gasteiger partial charge in [0, 0.05) is 22.3 Å². The van der Waals surface area contributed by atoms with E-state index < -0.39 is 41.1 Å². The van der Waals surface area contributed by atoms with Crippen molar-refractivity contribution >= 4 is 46.4 Å². The van der Waals surface area contributed by atoms with Crippen LogP contribution in [0.4, 0.5) is 14.5 Å². The fourth-order valence-electron chi connectivity index (χ4n) is 3.68. The van der Waals surface area contributed by atoms with Crippen molar-refractivity contribution in [2.24, 2.45) is 5.92 Å². The number of nitrogens with zero attached hydrogens (tertiary/aromatic N) is 1. The first-order valence-corrected chi connectivity index (χ1v) is 9.92. The Morgan fingerprint density at radius 2 is 1.55 bits per heavy atom. The van der Waals surface area contributed by atoms with E-state index in [1.165, 1.54) is 18.2 Å². The van der Waals surface area contributed by atoms with Crippen LogP contribution in [0.5, 0.6) is 0 Å². The summed E-state index contributed by atoms with van der Waals surface area (Å²) in [6.45, 7) is 0. The third kappa shape index (κ3) is 3.73. The van der Waals surface area contributed by atoms with Crippen LogP contribution < -0.4 is 4.90 Å². The summed E-state index contributed by atoms with van der Waals surface area (Å²) in [6, 6.07) is 14.2. The molecule has 1 saturated heterocycles. The fourth-order valence-corrected chi connectivity index (χ4v) is 4.03. The summed E-state index contributed by atoms with van der Waals surface area (Å²) in [6.07, 6.45) is 0. The summed E-state index contributed by atoms with van der Waals surface area (Å²) >= 11 is 12.1. The molecule has 0 N–H and O–H groups in total. The van der Waals surface area contributed by atoms with Gasteiger partial charge in [0.25, 0.3) is 5.91 Å². The van der Waals surface area contributed by atoms with E-state index in [1.54, 1.807) is 36.4 Å². The highest BCUT2D eigenvalue weighted by molar-refractivity contribution is 6.49. The van der Waals surface area contributed by atoms with Gasteiger partial charge >= 0.3 is 0 Å². The lowest BCUT2D eigenvalue weighted by molar-refractivity contribution is -0.135. The highest BCUT2D eigenvalue weighted by Crippen LogP contribution is 2.42. The van der Waals surface area contributed by atoms with E-state index in [9.17, 15) is 23.2 Å². The standard InChI is InChI=1S/C23H13Cl2F2NO3/c24-13-7-5-12(6-8-13)20-19(21(29)15-3-1-2-4-16(15)25)22(30)23(31)28(20)14-9-10-17(26)18(27)11-14/h1-11,19-20H. The SMILES string of the molecule is O=C1C(=O)N(c2ccc(F)c(F)c2)C(c2ccc(Cl)cc2)C1C(=O)c1ccccc1Cl. The van der Waals surface area contributed by atoms with Crippen LogP contribution in [-0.4, -0.2) is 17.5 Å². The van der Waals surface area contributed by atoms with Crippen molar-refractivity contribution in [2.75, 3.05) is 4.90 Å². The number of rotatable bonds is 4. The number of hydrogen-bond acceptors (Lipinski definition) is 3. The lowest BCUT2D eigenvalue weighted by atomic mass is 9.86. The maximum absolute atomic E-state index is 13.9. The Bertz CT molecular complexity index is 1210. The molecule has 8 heteroatoms. The third-order valence-corrected chi connectivity index (χ3v) is 5.70. The zero-order valence-corrected chi connectivity index (χ0v) is 17.2. The van der Waals surface area contributed by atoms with Crippen LogP contribution >= 0.6 is 23.2 Å². The predicted molar refractivity (Wildman–Crippen MR) is 112 cm³/mol. The smallest absolute Gasteiger partial charge is 0.295 e. The number of hydrogen-bond donors (Lipinski definition) is 0.